The van der Waals surface area contributed by atoms with Crippen LogP contribution in [0.4, 0.5) is 0 Å². The van der Waals surface area contributed by atoms with E-state index in [-0.39, 0.29) is 12.5 Å². The van der Waals surface area contributed by atoms with E-state index in [0.29, 0.717) is 0 Å². The first-order chi connectivity index (χ1) is 7.36. The third-order valence-corrected chi connectivity index (χ3v) is 1.76. The number of rotatable bonds is 5. The van der Waals surface area contributed by atoms with E-state index >= 15 is 0 Å². The lowest BCUT2D eigenvalue weighted by atomic mass is 10.1. The molecule has 0 bridgehead atoms. The quantitative estimate of drug-likeness (QED) is 0.545. The largest absolute Gasteiger partial charge is 0.462 e. The van der Waals surface area contributed by atoms with Crippen molar-refractivity contribution in [2.45, 2.75) is 39.8 Å². The molecule has 0 aliphatic heterocycles. The monoisotopic (exact) mass is 233 g/mol. The van der Waals surface area contributed by atoms with Crippen molar-refractivity contribution in [3.63, 3.8) is 0 Å². The van der Waals surface area contributed by atoms with Crippen molar-refractivity contribution in [1.29, 1.82) is 0 Å². The van der Waals surface area contributed by atoms with Crippen LogP contribution in [-0.4, -0.2) is 30.6 Å². The fourth-order valence-electron chi connectivity index (χ4n) is 0.622. The van der Waals surface area contributed by atoms with Gasteiger partial charge in [-0.3, -0.25) is 9.59 Å². The zero-order chi connectivity index (χ0) is 13.3. The molecule has 0 aliphatic rings. The Morgan fingerprint density at radius 1 is 1.19 bits per heavy atom. The molecule has 0 saturated heterocycles. The maximum Gasteiger partial charge on any atom is 0.323 e. The Kier molecular flexibility index (Phi) is 9.83. The minimum Gasteiger partial charge on any atom is -0.462 e. The van der Waals surface area contributed by atoms with Gasteiger partial charge in [0.25, 0.3) is 0 Å². The molecule has 0 aliphatic carbocycles. The lowest BCUT2D eigenvalue weighted by molar-refractivity contribution is -0.147. The van der Waals surface area contributed by atoms with Gasteiger partial charge in [0, 0.05) is 0 Å². The van der Waals surface area contributed by atoms with Crippen LogP contribution in [0.1, 0.15) is 27.7 Å². The van der Waals surface area contributed by atoms with Gasteiger partial charge in [0.2, 0.25) is 5.91 Å². The Bertz CT molecular complexity index is 219. The van der Waals surface area contributed by atoms with Crippen molar-refractivity contribution in [3.8, 4) is 0 Å². The SMILES string of the molecule is CC.CC(C)C(N)C(=O)OCC(N)C(N)=O. The van der Waals surface area contributed by atoms with Crippen LogP contribution in [0.15, 0.2) is 0 Å². The molecule has 2 unspecified atom stereocenters. The van der Waals surface area contributed by atoms with Crippen molar-refractivity contribution >= 4 is 11.9 Å². The summed E-state index contributed by atoms with van der Waals surface area (Å²) in [5.74, 6) is -1.31. The summed E-state index contributed by atoms with van der Waals surface area (Å²) < 4.78 is 4.70. The van der Waals surface area contributed by atoms with Gasteiger partial charge >= 0.3 is 5.97 Å². The zero-order valence-electron chi connectivity index (χ0n) is 10.4. The number of amides is 1. The molecule has 6 N–H and O–H groups in total. The first-order valence-electron chi connectivity index (χ1n) is 5.33. The average molecular weight is 233 g/mol. The van der Waals surface area contributed by atoms with Gasteiger partial charge < -0.3 is 21.9 Å². The summed E-state index contributed by atoms with van der Waals surface area (Å²) in [6.07, 6.45) is 0. The molecule has 0 radical (unpaired) electrons. The summed E-state index contributed by atoms with van der Waals surface area (Å²) in [7, 11) is 0. The van der Waals surface area contributed by atoms with Crippen molar-refractivity contribution in [1.82, 2.24) is 0 Å². The summed E-state index contributed by atoms with van der Waals surface area (Å²) in [6.45, 7) is 7.36. The molecule has 0 aromatic carbocycles. The second-order valence-electron chi connectivity index (χ2n) is 3.41. The molecule has 0 aromatic heterocycles. The van der Waals surface area contributed by atoms with Crippen molar-refractivity contribution in [3.05, 3.63) is 0 Å². The molecular weight excluding hydrogens is 210 g/mol. The first-order valence-corrected chi connectivity index (χ1v) is 5.33. The van der Waals surface area contributed by atoms with Crippen LogP contribution in [0.5, 0.6) is 0 Å². The molecule has 0 aromatic rings. The topological polar surface area (TPSA) is 121 Å². The van der Waals surface area contributed by atoms with E-state index in [1.54, 1.807) is 13.8 Å². The van der Waals surface area contributed by atoms with E-state index in [1.165, 1.54) is 0 Å². The summed E-state index contributed by atoms with van der Waals surface area (Å²) >= 11 is 0. The minimum atomic E-state index is -0.974. The highest BCUT2D eigenvalue weighted by atomic mass is 16.5. The fraction of sp³-hybridized carbons (Fsp3) is 0.800. The van der Waals surface area contributed by atoms with Gasteiger partial charge in [-0.25, -0.2) is 0 Å². The molecule has 16 heavy (non-hydrogen) atoms. The molecule has 6 heteroatoms. The number of hydrogen-bond acceptors (Lipinski definition) is 5. The lowest BCUT2D eigenvalue weighted by Crippen LogP contribution is -2.44. The maximum atomic E-state index is 11.2. The normalized spacial score (nSPS) is 13.4. The predicted molar refractivity (Wildman–Crippen MR) is 62.3 cm³/mol. The van der Waals surface area contributed by atoms with Gasteiger partial charge in [-0.2, -0.15) is 0 Å². The standard InChI is InChI=1S/C8H17N3O3.C2H6/c1-4(2)6(10)8(13)14-3-5(9)7(11)12;1-2/h4-6H,3,9-10H2,1-2H3,(H2,11,12);1-2H3. The van der Waals surface area contributed by atoms with Crippen LogP contribution in [0.2, 0.25) is 0 Å². The number of hydrogen-bond donors (Lipinski definition) is 3. The number of primary amides is 1. The second kappa shape index (κ2) is 9.11. The van der Waals surface area contributed by atoms with Gasteiger partial charge in [-0.1, -0.05) is 27.7 Å². The fourth-order valence-corrected chi connectivity index (χ4v) is 0.622. The smallest absolute Gasteiger partial charge is 0.323 e. The molecule has 96 valence electrons. The van der Waals surface area contributed by atoms with E-state index < -0.39 is 24.0 Å². The van der Waals surface area contributed by atoms with E-state index in [0.717, 1.165) is 0 Å². The summed E-state index contributed by atoms with van der Waals surface area (Å²) in [6, 6.07) is -1.67. The number of carbonyl (C=O) groups excluding carboxylic acids is 2. The van der Waals surface area contributed by atoms with Crippen LogP contribution < -0.4 is 17.2 Å². The number of carbonyl (C=O) groups is 2. The van der Waals surface area contributed by atoms with E-state index in [2.05, 4.69) is 0 Å². The first kappa shape index (κ1) is 17.3. The summed E-state index contributed by atoms with van der Waals surface area (Å²) in [4.78, 5) is 21.6. The van der Waals surface area contributed by atoms with Crippen LogP contribution in [0, 0.1) is 5.92 Å². The molecular formula is C10H23N3O3. The third kappa shape index (κ3) is 7.19. The van der Waals surface area contributed by atoms with Gasteiger partial charge in [0.1, 0.15) is 18.7 Å². The van der Waals surface area contributed by atoms with Crippen LogP contribution in [-0.2, 0) is 14.3 Å². The average Bonchev–Trinajstić information content (AvgIpc) is 2.26. The van der Waals surface area contributed by atoms with Gasteiger partial charge in [-0.15, -0.1) is 0 Å². The molecule has 1 amide bonds. The van der Waals surface area contributed by atoms with Crippen LogP contribution in [0.3, 0.4) is 0 Å². The molecule has 0 heterocycles. The van der Waals surface area contributed by atoms with E-state index in [1.807, 2.05) is 13.8 Å². The van der Waals surface area contributed by atoms with Crippen LogP contribution >= 0.6 is 0 Å². The zero-order valence-corrected chi connectivity index (χ0v) is 10.4. The van der Waals surface area contributed by atoms with E-state index in [4.69, 9.17) is 21.9 Å². The Labute approximate surface area is 96.5 Å². The molecule has 2 atom stereocenters. The number of esters is 1. The van der Waals surface area contributed by atoms with E-state index in [9.17, 15) is 9.59 Å². The van der Waals surface area contributed by atoms with Crippen LogP contribution in [0.25, 0.3) is 0 Å². The molecule has 6 nitrogen and oxygen atoms in total. The Hall–Kier alpha value is -1.14. The van der Waals surface area contributed by atoms with Gasteiger partial charge in [0.05, 0.1) is 0 Å². The number of ether oxygens (including phenoxy) is 1. The van der Waals surface area contributed by atoms with Crippen molar-refractivity contribution in [2.24, 2.45) is 23.1 Å². The Balaban J connectivity index is 0. The molecule has 0 rings (SSSR count). The lowest BCUT2D eigenvalue weighted by Gasteiger charge is -2.15. The Morgan fingerprint density at radius 2 is 1.62 bits per heavy atom. The van der Waals surface area contributed by atoms with Crippen molar-refractivity contribution < 1.29 is 14.3 Å². The number of nitrogens with two attached hydrogens (primary N) is 3. The van der Waals surface area contributed by atoms with Crippen molar-refractivity contribution in [2.75, 3.05) is 6.61 Å². The highest BCUT2D eigenvalue weighted by molar-refractivity contribution is 5.80. The highest BCUT2D eigenvalue weighted by Crippen LogP contribution is 2.00. The summed E-state index contributed by atoms with van der Waals surface area (Å²) in [5.41, 5.74) is 15.6. The Morgan fingerprint density at radius 3 is 1.94 bits per heavy atom. The predicted octanol–water partition coefficient (Wildman–Crippen LogP) is -0.648. The maximum absolute atomic E-state index is 11.2. The molecule has 0 fully saturated rings. The second-order valence-corrected chi connectivity index (χ2v) is 3.41. The summed E-state index contributed by atoms with van der Waals surface area (Å²) in [5, 5.41) is 0. The van der Waals surface area contributed by atoms with Gasteiger partial charge in [0.15, 0.2) is 0 Å². The molecule has 0 spiro atoms. The third-order valence-electron chi connectivity index (χ3n) is 1.76. The molecule has 0 saturated carbocycles. The minimum absolute atomic E-state index is 0.0210. The highest BCUT2D eigenvalue weighted by Gasteiger charge is 2.20. The van der Waals surface area contributed by atoms with Gasteiger partial charge in [-0.05, 0) is 5.92 Å².